The number of rotatable bonds is 4. The highest BCUT2D eigenvalue weighted by Crippen LogP contribution is 2.19. The van der Waals surface area contributed by atoms with Crippen molar-refractivity contribution in [2.45, 2.75) is 12.8 Å². The van der Waals surface area contributed by atoms with E-state index in [0.29, 0.717) is 37.2 Å². The molecule has 1 aliphatic heterocycles. The number of likely N-dealkylation sites (tertiary alicyclic amines) is 1. The molecule has 3 rings (SSSR count). The fraction of sp³-hybridized carbons (Fsp3) is 0.263. The number of carbonyl (C=O) groups is 3. The van der Waals surface area contributed by atoms with Crippen LogP contribution in [0.1, 0.15) is 23.3 Å². The molecule has 0 bridgehead atoms. The van der Waals surface area contributed by atoms with Crippen molar-refractivity contribution in [1.29, 1.82) is 0 Å². The van der Waals surface area contributed by atoms with Crippen LogP contribution in [-0.2, 0) is 9.59 Å². The number of carbonyl (C=O) groups excluding carboxylic acids is 3. The van der Waals surface area contributed by atoms with E-state index in [1.807, 2.05) is 0 Å². The number of aromatic nitrogens is 2. The maximum atomic E-state index is 13.0. The Morgan fingerprint density at radius 3 is 2.50 bits per heavy atom. The molecular formula is C19H20FN5O3. The Labute approximate surface area is 160 Å². The van der Waals surface area contributed by atoms with Crippen LogP contribution in [0, 0.1) is 11.7 Å². The summed E-state index contributed by atoms with van der Waals surface area (Å²) < 4.78 is 13.0. The fourth-order valence-corrected chi connectivity index (χ4v) is 2.99. The first-order valence-electron chi connectivity index (χ1n) is 8.81. The zero-order valence-electron chi connectivity index (χ0n) is 15.1. The third-order valence-corrected chi connectivity index (χ3v) is 4.61. The van der Waals surface area contributed by atoms with Crippen LogP contribution in [0.15, 0.2) is 43.0 Å². The number of hydrazine groups is 1. The maximum Gasteiger partial charge on any atom is 0.287 e. The summed E-state index contributed by atoms with van der Waals surface area (Å²) in [5.41, 5.74) is 6.05. The third kappa shape index (κ3) is 4.43. The van der Waals surface area contributed by atoms with Gasteiger partial charge in [0.25, 0.3) is 5.91 Å². The summed E-state index contributed by atoms with van der Waals surface area (Å²) in [6.07, 6.45) is 2.28. The molecule has 1 aliphatic rings. The summed E-state index contributed by atoms with van der Waals surface area (Å²) in [6.45, 7) is 4.39. The molecule has 0 spiro atoms. The van der Waals surface area contributed by atoms with E-state index < -0.39 is 5.91 Å². The van der Waals surface area contributed by atoms with Crippen molar-refractivity contribution in [3.63, 3.8) is 0 Å². The minimum atomic E-state index is -0.548. The summed E-state index contributed by atoms with van der Waals surface area (Å²) in [4.78, 5) is 37.6. The number of nitrogens with zero attached hydrogens (tertiary/aromatic N) is 2. The normalized spacial score (nSPS) is 14.4. The minimum absolute atomic E-state index is 0.150. The first kappa shape index (κ1) is 19.3. The molecule has 8 nitrogen and oxygen atoms in total. The van der Waals surface area contributed by atoms with Crippen LogP contribution in [-0.4, -0.2) is 45.9 Å². The molecule has 3 amide bonds. The lowest BCUT2D eigenvalue weighted by atomic mass is 9.96. The van der Waals surface area contributed by atoms with Crippen LogP contribution in [0.25, 0.3) is 11.3 Å². The Morgan fingerprint density at radius 2 is 1.86 bits per heavy atom. The highest BCUT2D eigenvalue weighted by atomic mass is 19.1. The molecule has 2 aromatic rings. The number of aromatic amines is 1. The SMILES string of the molecule is C=CC(=O)N1CCC(C(=O)NNC(=O)c2cc(-c3ccc(F)cc3)n[nH]2)CC1. The molecular weight excluding hydrogens is 365 g/mol. The first-order valence-corrected chi connectivity index (χ1v) is 8.81. The second-order valence-electron chi connectivity index (χ2n) is 6.42. The smallest absolute Gasteiger partial charge is 0.287 e. The fourth-order valence-electron chi connectivity index (χ4n) is 2.99. The molecule has 28 heavy (non-hydrogen) atoms. The van der Waals surface area contributed by atoms with Crippen LogP contribution in [0.2, 0.25) is 0 Å². The number of halogens is 1. The van der Waals surface area contributed by atoms with Gasteiger partial charge in [0.2, 0.25) is 11.8 Å². The van der Waals surface area contributed by atoms with Crippen molar-refractivity contribution in [2.24, 2.45) is 5.92 Å². The number of amides is 3. The summed E-state index contributed by atoms with van der Waals surface area (Å²) in [5, 5.41) is 6.61. The Bertz CT molecular complexity index is 885. The Morgan fingerprint density at radius 1 is 1.18 bits per heavy atom. The van der Waals surface area contributed by atoms with Crippen LogP contribution in [0.5, 0.6) is 0 Å². The van der Waals surface area contributed by atoms with Crippen molar-refractivity contribution in [1.82, 2.24) is 25.9 Å². The lowest BCUT2D eigenvalue weighted by Crippen LogP contribution is -2.48. The molecule has 2 heterocycles. The van der Waals surface area contributed by atoms with E-state index in [0.717, 1.165) is 0 Å². The zero-order chi connectivity index (χ0) is 20.1. The van der Waals surface area contributed by atoms with Crippen molar-refractivity contribution in [3.05, 3.63) is 54.5 Å². The topological polar surface area (TPSA) is 107 Å². The average molecular weight is 385 g/mol. The third-order valence-electron chi connectivity index (χ3n) is 4.61. The summed E-state index contributed by atoms with van der Waals surface area (Å²) >= 11 is 0. The molecule has 0 aliphatic carbocycles. The number of nitrogens with one attached hydrogen (secondary N) is 3. The predicted molar refractivity (Wildman–Crippen MR) is 99.1 cm³/mol. The van der Waals surface area contributed by atoms with E-state index in [1.54, 1.807) is 17.0 Å². The van der Waals surface area contributed by atoms with E-state index >= 15 is 0 Å². The molecule has 0 unspecified atom stereocenters. The number of piperidine rings is 1. The van der Waals surface area contributed by atoms with Crippen LogP contribution in [0.3, 0.4) is 0 Å². The minimum Gasteiger partial charge on any atom is -0.339 e. The second-order valence-corrected chi connectivity index (χ2v) is 6.42. The van der Waals surface area contributed by atoms with Gasteiger partial charge in [0.05, 0.1) is 5.69 Å². The van der Waals surface area contributed by atoms with Gasteiger partial charge >= 0.3 is 0 Å². The molecule has 1 aromatic heterocycles. The molecule has 146 valence electrons. The standard InChI is InChI=1S/C19H20FN5O3/c1-2-17(26)25-9-7-13(8-10-25)18(27)23-24-19(28)16-11-15(21-22-16)12-3-5-14(20)6-4-12/h2-6,11,13H,1,7-10H2,(H,21,22)(H,23,27)(H,24,28). The summed E-state index contributed by atoms with van der Waals surface area (Å²) in [7, 11) is 0. The average Bonchev–Trinajstić information content (AvgIpc) is 3.22. The van der Waals surface area contributed by atoms with E-state index in [2.05, 4.69) is 27.6 Å². The summed E-state index contributed by atoms with van der Waals surface area (Å²) in [6, 6.07) is 7.22. The van der Waals surface area contributed by atoms with Gasteiger partial charge in [-0.3, -0.25) is 30.3 Å². The van der Waals surface area contributed by atoms with E-state index in [-0.39, 0.29) is 29.2 Å². The predicted octanol–water partition coefficient (Wildman–Crippen LogP) is 1.40. The van der Waals surface area contributed by atoms with Gasteiger partial charge in [-0.1, -0.05) is 6.58 Å². The number of hydrogen-bond donors (Lipinski definition) is 3. The van der Waals surface area contributed by atoms with Crippen LogP contribution < -0.4 is 10.9 Å². The molecule has 1 aromatic carbocycles. The van der Waals surface area contributed by atoms with Gasteiger partial charge in [0, 0.05) is 24.6 Å². The maximum absolute atomic E-state index is 13.0. The van der Waals surface area contributed by atoms with Crippen LogP contribution >= 0.6 is 0 Å². The van der Waals surface area contributed by atoms with Crippen molar-refractivity contribution in [2.75, 3.05) is 13.1 Å². The Balaban J connectivity index is 1.50. The van der Waals surface area contributed by atoms with Gasteiger partial charge in [-0.05, 0) is 49.2 Å². The quantitative estimate of drug-likeness (QED) is 0.546. The monoisotopic (exact) mass is 385 g/mol. The number of H-pyrrole nitrogens is 1. The number of hydrogen-bond acceptors (Lipinski definition) is 4. The highest BCUT2D eigenvalue weighted by Gasteiger charge is 2.26. The van der Waals surface area contributed by atoms with E-state index in [4.69, 9.17) is 0 Å². The largest absolute Gasteiger partial charge is 0.339 e. The molecule has 0 saturated carbocycles. The molecule has 0 radical (unpaired) electrons. The molecule has 1 saturated heterocycles. The Hall–Kier alpha value is -3.49. The first-order chi connectivity index (χ1) is 13.5. The molecule has 1 fully saturated rings. The lowest BCUT2D eigenvalue weighted by Gasteiger charge is -2.30. The lowest BCUT2D eigenvalue weighted by molar-refractivity contribution is -0.132. The summed E-state index contributed by atoms with van der Waals surface area (Å²) in [5.74, 6) is -1.65. The van der Waals surface area contributed by atoms with Gasteiger partial charge in [-0.25, -0.2) is 4.39 Å². The van der Waals surface area contributed by atoms with Gasteiger partial charge in [-0.2, -0.15) is 5.10 Å². The highest BCUT2D eigenvalue weighted by molar-refractivity contribution is 5.94. The van der Waals surface area contributed by atoms with Gasteiger partial charge < -0.3 is 4.90 Å². The zero-order valence-corrected chi connectivity index (χ0v) is 15.1. The second kappa shape index (κ2) is 8.47. The van der Waals surface area contributed by atoms with E-state index in [1.165, 1.54) is 24.3 Å². The van der Waals surface area contributed by atoms with Gasteiger partial charge in [-0.15, -0.1) is 0 Å². The van der Waals surface area contributed by atoms with Crippen molar-refractivity contribution >= 4 is 17.7 Å². The molecule has 9 heteroatoms. The Kier molecular flexibility index (Phi) is 5.83. The molecule has 0 atom stereocenters. The van der Waals surface area contributed by atoms with Gasteiger partial charge in [0.15, 0.2) is 0 Å². The van der Waals surface area contributed by atoms with Crippen molar-refractivity contribution in [3.8, 4) is 11.3 Å². The molecule has 3 N–H and O–H groups in total. The number of benzene rings is 1. The van der Waals surface area contributed by atoms with E-state index in [9.17, 15) is 18.8 Å². The van der Waals surface area contributed by atoms with Crippen LogP contribution in [0.4, 0.5) is 4.39 Å². The van der Waals surface area contributed by atoms with Gasteiger partial charge in [0.1, 0.15) is 11.5 Å². The van der Waals surface area contributed by atoms with Crippen molar-refractivity contribution < 1.29 is 18.8 Å².